The van der Waals surface area contributed by atoms with E-state index >= 15 is 0 Å². The largest absolute Gasteiger partial charge is 0.496 e. The fourth-order valence-electron chi connectivity index (χ4n) is 1.90. The van der Waals surface area contributed by atoms with Crippen LogP contribution in [0, 0.1) is 6.92 Å². The summed E-state index contributed by atoms with van der Waals surface area (Å²) in [4.78, 5) is 4.37. The van der Waals surface area contributed by atoms with Gasteiger partial charge in [-0.3, -0.25) is 0 Å². The van der Waals surface area contributed by atoms with Crippen LogP contribution in [0.3, 0.4) is 0 Å². The first-order chi connectivity index (χ1) is 9.97. The van der Waals surface area contributed by atoms with Crippen molar-refractivity contribution < 1.29 is 14.0 Å². The van der Waals surface area contributed by atoms with Crippen molar-refractivity contribution in [2.24, 2.45) is 5.73 Å². The summed E-state index contributed by atoms with van der Waals surface area (Å²) in [7, 11) is 1.63. The highest BCUT2D eigenvalue weighted by Gasteiger charge is 2.28. The third kappa shape index (κ3) is 3.40. The SMILES string of the molecule is CCOCC(C)(N)c1noc(-c2ccc(C)c(OC)c2)n1. The average Bonchev–Trinajstić information content (AvgIpc) is 2.96. The minimum Gasteiger partial charge on any atom is -0.496 e. The molecule has 0 aliphatic rings. The zero-order valence-electron chi connectivity index (χ0n) is 12.8. The Hall–Kier alpha value is -1.92. The summed E-state index contributed by atoms with van der Waals surface area (Å²) in [6, 6.07) is 5.72. The Bertz CT molecular complexity index is 608. The molecule has 0 saturated heterocycles. The second kappa shape index (κ2) is 6.24. The molecule has 0 fully saturated rings. The lowest BCUT2D eigenvalue weighted by Crippen LogP contribution is -2.39. The van der Waals surface area contributed by atoms with Crippen LogP contribution in [-0.2, 0) is 10.3 Å². The lowest BCUT2D eigenvalue weighted by atomic mass is 10.1. The molecule has 6 heteroatoms. The highest BCUT2D eigenvalue weighted by molar-refractivity contribution is 5.57. The summed E-state index contributed by atoms with van der Waals surface area (Å²) >= 11 is 0. The first kappa shape index (κ1) is 15.5. The Morgan fingerprint density at radius 3 is 2.81 bits per heavy atom. The number of aromatic nitrogens is 2. The van der Waals surface area contributed by atoms with Crippen molar-refractivity contribution in [1.29, 1.82) is 0 Å². The van der Waals surface area contributed by atoms with Gasteiger partial charge in [0, 0.05) is 12.2 Å². The van der Waals surface area contributed by atoms with Crippen LogP contribution in [0.1, 0.15) is 25.2 Å². The van der Waals surface area contributed by atoms with Gasteiger partial charge in [-0.1, -0.05) is 11.2 Å². The molecule has 1 aromatic carbocycles. The number of ether oxygens (including phenoxy) is 2. The fraction of sp³-hybridized carbons (Fsp3) is 0.467. The third-order valence-electron chi connectivity index (χ3n) is 3.20. The van der Waals surface area contributed by atoms with Gasteiger partial charge >= 0.3 is 0 Å². The van der Waals surface area contributed by atoms with Gasteiger partial charge in [0.05, 0.1) is 13.7 Å². The van der Waals surface area contributed by atoms with E-state index in [0.717, 1.165) is 16.9 Å². The van der Waals surface area contributed by atoms with Crippen LogP contribution < -0.4 is 10.5 Å². The second-order valence-electron chi connectivity index (χ2n) is 5.16. The number of methoxy groups -OCH3 is 1. The van der Waals surface area contributed by atoms with Crippen molar-refractivity contribution in [2.75, 3.05) is 20.3 Å². The van der Waals surface area contributed by atoms with Gasteiger partial charge in [0.1, 0.15) is 11.3 Å². The molecule has 2 aromatic rings. The van der Waals surface area contributed by atoms with E-state index in [1.807, 2.05) is 39.0 Å². The Kier molecular flexibility index (Phi) is 4.59. The van der Waals surface area contributed by atoms with E-state index in [1.54, 1.807) is 7.11 Å². The van der Waals surface area contributed by atoms with Gasteiger partial charge in [-0.05, 0) is 38.5 Å². The number of benzene rings is 1. The molecule has 2 N–H and O–H groups in total. The molecule has 1 heterocycles. The van der Waals surface area contributed by atoms with E-state index in [2.05, 4.69) is 10.1 Å². The highest BCUT2D eigenvalue weighted by atomic mass is 16.5. The van der Waals surface area contributed by atoms with Gasteiger partial charge < -0.3 is 19.7 Å². The van der Waals surface area contributed by atoms with E-state index in [-0.39, 0.29) is 0 Å². The van der Waals surface area contributed by atoms with Crippen molar-refractivity contribution in [1.82, 2.24) is 10.1 Å². The van der Waals surface area contributed by atoms with E-state index in [9.17, 15) is 0 Å². The number of nitrogens with two attached hydrogens (primary N) is 1. The highest BCUT2D eigenvalue weighted by Crippen LogP contribution is 2.27. The van der Waals surface area contributed by atoms with Gasteiger partial charge in [-0.2, -0.15) is 4.98 Å². The minimum atomic E-state index is -0.785. The Labute approximate surface area is 124 Å². The summed E-state index contributed by atoms with van der Waals surface area (Å²) in [5.74, 6) is 1.61. The standard InChI is InChI=1S/C15H21N3O3/c1-5-20-9-15(3,16)14-17-13(21-18-14)11-7-6-10(2)12(8-11)19-4/h6-8H,5,9,16H2,1-4H3. The molecule has 0 radical (unpaired) electrons. The quantitative estimate of drug-likeness (QED) is 0.879. The predicted octanol–water partition coefficient (Wildman–Crippen LogP) is 2.26. The number of aryl methyl sites for hydroxylation is 1. The smallest absolute Gasteiger partial charge is 0.258 e. The first-order valence-corrected chi connectivity index (χ1v) is 6.83. The summed E-state index contributed by atoms with van der Waals surface area (Å²) in [6.07, 6.45) is 0. The lowest BCUT2D eigenvalue weighted by Gasteiger charge is -2.19. The van der Waals surface area contributed by atoms with Crippen LogP contribution in [0.15, 0.2) is 22.7 Å². The van der Waals surface area contributed by atoms with Crippen LogP contribution in [0.4, 0.5) is 0 Å². The number of hydrogen-bond acceptors (Lipinski definition) is 6. The number of rotatable bonds is 6. The van der Waals surface area contributed by atoms with Crippen LogP contribution in [0.5, 0.6) is 5.75 Å². The van der Waals surface area contributed by atoms with E-state index in [0.29, 0.717) is 24.9 Å². The molecule has 0 aliphatic heterocycles. The Morgan fingerprint density at radius 2 is 2.14 bits per heavy atom. The van der Waals surface area contributed by atoms with E-state index in [4.69, 9.17) is 19.7 Å². The van der Waals surface area contributed by atoms with Gasteiger partial charge in [-0.25, -0.2) is 0 Å². The molecule has 1 atom stereocenters. The molecular formula is C15H21N3O3. The lowest BCUT2D eigenvalue weighted by molar-refractivity contribution is 0.0962. The van der Waals surface area contributed by atoms with Crippen molar-refractivity contribution in [2.45, 2.75) is 26.3 Å². The molecule has 0 amide bonds. The molecule has 21 heavy (non-hydrogen) atoms. The van der Waals surface area contributed by atoms with Crippen LogP contribution in [0.2, 0.25) is 0 Å². The molecular weight excluding hydrogens is 270 g/mol. The molecule has 0 spiro atoms. The van der Waals surface area contributed by atoms with Gasteiger partial charge in [-0.15, -0.1) is 0 Å². The van der Waals surface area contributed by atoms with E-state index in [1.165, 1.54) is 0 Å². The molecule has 0 bridgehead atoms. The molecule has 0 aliphatic carbocycles. The zero-order chi connectivity index (χ0) is 15.5. The molecule has 114 valence electrons. The summed E-state index contributed by atoms with van der Waals surface area (Å²) in [5, 5.41) is 3.96. The number of hydrogen-bond donors (Lipinski definition) is 1. The van der Waals surface area contributed by atoms with E-state index < -0.39 is 5.54 Å². The van der Waals surface area contributed by atoms with Crippen molar-refractivity contribution in [3.63, 3.8) is 0 Å². The Balaban J connectivity index is 2.27. The van der Waals surface area contributed by atoms with Crippen LogP contribution >= 0.6 is 0 Å². The maximum Gasteiger partial charge on any atom is 0.258 e. The summed E-state index contributed by atoms with van der Waals surface area (Å²) in [6.45, 7) is 6.62. The van der Waals surface area contributed by atoms with Gasteiger partial charge in [0.25, 0.3) is 5.89 Å². The Morgan fingerprint density at radius 1 is 1.38 bits per heavy atom. The summed E-state index contributed by atoms with van der Waals surface area (Å²) < 4.78 is 16.0. The number of nitrogens with zero attached hydrogens (tertiary/aromatic N) is 2. The molecule has 2 rings (SSSR count). The summed E-state index contributed by atoms with van der Waals surface area (Å²) in [5.41, 5.74) is 7.21. The maximum atomic E-state index is 6.16. The van der Waals surface area contributed by atoms with Crippen molar-refractivity contribution >= 4 is 0 Å². The molecule has 6 nitrogen and oxygen atoms in total. The molecule has 1 unspecified atom stereocenters. The van der Waals surface area contributed by atoms with Crippen molar-refractivity contribution in [3.05, 3.63) is 29.6 Å². The van der Waals surface area contributed by atoms with Gasteiger partial charge in [0.15, 0.2) is 5.82 Å². The van der Waals surface area contributed by atoms with Crippen molar-refractivity contribution in [3.8, 4) is 17.2 Å². The molecule has 1 aromatic heterocycles. The fourth-order valence-corrected chi connectivity index (χ4v) is 1.90. The third-order valence-corrected chi connectivity index (χ3v) is 3.20. The maximum absolute atomic E-state index is 6.16. The van der Waals surface area contributed by atoms with Crippen LogP contribution in [0.25, 0.3) is 11.5 Å². The first-order valence-electron chi connectivity index (χ1n) is 6.83. The second-order valence-corrected chi connectivity index (χ2v) is 5.16. The normalized spacial score (nSPS) is 14.0. The zero-order valence-corrected chi connectivity index (χ0v) is 12.8. The predicted molar refractivity (Wildman–Crippen MR) is 79.1 cm³/mol. The topological polar surface area (TPSA) is 83.4 Å². The van der Waals surface area contributed by atoms with Gasteiger partial charge in [0.2, 0.25) is 0 Å². The average molecular weight is 291 g/mol. The molecule has 0 saturated carbocycles. The monoisotopic (exact) mass is 291 g/mol. The minimum absolute atomic E-state index is 0.333. The van der Waals surface area contributed by atoms with Crippen LogP contribution in [-0.4, -0.2) is 30.5 Å².